The molecule has 60 valence electrons. The van der Waals surface area contributed by atoms with Gasteiger partial charge in [0.05, 0.1) is 5.90 Å². The third kappa shape index (κ3) is 2.20. The molecule has 11 heavy (non-hydrogen) atoms. The first kappa shape index (κ1) is 9.91. The van der Waals surface area contributed by atoms with Crippen molar-refractivity contribution >= 4 is 18.3 Å². The lowest BCUT2D eigenvalue weighted by Crippen LogP contribution is -2.39. The van der Waals surface area contributed by atoms with Crippen molar-refractivity contribution in [3.05, 3.63) is 30.1 Å². The van der Waals surface area contributed by atoms with Crippen LogP contribution in [0, 0.1) is 5.41 Å². The molecule has 0 aliphatic heterocycles. The van der Waals surface area contributed by atoms with Gasteiger partial charge >= 0.3 is 0 Å². The standard InChI is InChI=1S/C7H8N2O.ClH/c1-9-5-3-2-4-6(9)7(8)10;/h2-5H,1H3,(H-,8,10);1H. The molecule has 1 aromatic rings. The van der Waals surface area contributed by atoms with Crippen LogP contribution < -0.4 is 9.67 Å². The van der Waals surface area contributed by atoms with Crippen LogP contribution >= 0.6 is 12.4 Å². The molecule has 1 aromatic heterocycles. The van der Waals surface area contributed by atoms with Gasteiger partial charge in [-0.25, -0.2) is 4.57 Å². The van der Waals surface area contributed by atoms with Crippen LogP contribution in [-0.2, 0) is 7.05 Å². The van der Waals surface area contributed by atoms with E-state index in [1.807, 2.05) is 6.07 Å². The van der Waals surface area contributed by atoms with E-state index in [0.717, 1.165) is 0 Å². The molecule has 4 heteroatoms. The molecule has 0 unspecified atom stereocenters. The average Bonchev–Trinajstić information content (AvgIpc) is 1.88. The van der Waals surface area contributed by atoms with E-state index in [1.165, 1.54) is 0 Å². The fourth-order valence-corrected chi connectivity index (χ4v) is 0.759. The number of rotatable bonds is 1. The minimum Gasteiger partial charge on any atom is -0.855 e. The fourth-order valence-electron chi connectivity index (χ4n) is 0.759. The van der Waals surface area contributed by atoms with Crippen LogP contribution in [0.2, 0.25) is 0 Å². The smallest absolute Gasteiger partial charge is 0.215 e. The molecule has 0 saturated carbocycles. The molecule has 1 rings (SSSR count). The van der Waals surface area contributed by atoms with Crippen molar-refractivity contribution in [2.75, 3.05) is 0 Å². The third-order valence-electron chi connectivity index (χ3n) is 1.29. The van der Waals surface area contributed by atoms with E-state index < -0.39 is 5.90 Å². The molecule has 0 saturated heterocycles. The first-order chi connectivity index (χ1) is 4.72. The maximum atomic E-state index is 10.5. The second-order valence-electron chi connectivity index (χ2n) is 2.03. The summed E-state index contributed by atoms with van der Waals surface area (Å²) in [6, 6.07) is 5.17. The molecule has 0 aromatic carbocycles. The van der Waals surface area contributed by atoms with E-state index in [9.17, 15) is 5.11 Å². The lowest BCUT2D eigenvalue weighted by atomic mass is 10.3. The SMILES string of the molecule is C[n+]1ccccc1C(=N)[O-].Cl. The Hall–Kier alpha value is -1.09. The van der Waals surface area contributed by atoms with Crippen molar-refractivity contribution in [3.63, 3.8) is 0 Å². The summed E-state index contributed by atoms with van der Waals surface area (Å²) < 4.78 is 1.62. The van der Waals surface area contributed by atoms with Gasteiger partial charge < -0.3 is 10.5 Å². The summed E-state index contributed by atoms with van der Waals surface area (Å²) in [6.45, 7) is 0. The van der Waals surface area contributed by atoms with Crippen LogP contribution in [0.4, 0.5) is 0 Å². The molecule has 0 amide bonds. The van der Waals surface area contributed by atoms with Crippen molar-refractivity contribution in [2.45, 2.75) is 0 Å². The Morgan fingerprint density at radius 1 is 1.55 bits per heavy atom. The third-order valence-corrected chi connectivity index (χ3v) is 1.29. The van der Waals surface area contributed by atoms with Crippen LogP contribution in [0.25, 0.3) is 0 Å². The van der Waals surface area contributed by atoms with Crippen LogP contribution in [0.3, 0.4) is 0 Å². The van der Waals surface area contributed by atoms with Crippen molar-refractivity contribution in [1.29, 1.82) is 5.41 Å². The molecule has 0 fully saturated rings. The highest BCUT2D eigenvalue weighted by molar-refractivity contribution is 5.85. The number of nitrogens with one attached hydrogen (secondary N) is 1. The van der Waals surface area contributed by atoms with Gasteiger partial charge in [-0.1, -0.05) is 0 Å². The van der Waals surface area contributed by atoms with Gasteiger partial charge in [-0.2, -0.15) is 0 Å². The number of hydrogen-bond acceptors (Lipinski definition) is 2. The molecule has 0 spiro atoms. The van der Waals surface area contributed by atoms with Crippen molar-refractivity contribution in [1.82, 2.24) is 0 Å². The topological polar surface area (TPSA) is 50.8 Å². The summed E-state index contributed by atoms with van der Waals surface area (Å²) in [5.41, 5.74) is 0.405. The van der Waals surface area contributed by atoms with Gasteiger partial charge in [0, 0.05) is 12.1 Å². The van der Waals surface area contributed by atoms with Gasteiger partial charge in [-0.3, -0.25) is 0 Å². The van der Waals surface area contributed by atoms with Gasteiger partial charge in [0.25, 0.3) is 0 Å². The second kappa shape index (κ2) is 3.93. The Balaban J connectivity index is 0.000001000. The van der Waals surface area contributed by atoms with Crippen molar-refractivity contribution in [3.8, 4) is 0 Å². The summed E-state index contributed by atoms with van der Waals surface area (Å²) in [4.78, 5) is 0. The molecule has 0 aliphatic rings. The van der Waals surface area contributed by atoms with Crippen molar-refractivity contribution in [2.24, 2.45) is 7.05 Å². The number of halogens is 1. The molecule has 0 aliphatic carbocycles. The van der Waals surface area contributed by atoms with Crippen LogP contribution in [0.15, 0.2) is 24.4 Å². The molecule has 1 heterocycles. The number of nitrogens with zero attached hydrogens (tertiary/aromatic N) is 1. The van der Waals surface area contributed by atoms with Crippen LogP contribution in [0.1, 0.15) is 5.69 Å². The molecule has 3 nitrogen and oxygen atoms in total. The van der Waals surface area contributed by atoms with E-state index in [-0.39, 0.29) is 12.4 Å². The average molecular weight is 173 g/mol. The largest absolute Gasteiger partial charge is 0.855 e. The predicted octanol–water partition coefficient (Wildman–Crippen LogP) is -0.381. The molecule has 0 atom stereocenters. The Bertz CT molecular complexity index is 262. The Morgan fingerprint density at radius 3 is 2.55 bits per heavy atom. The van der Waals surface area contributed by atoms with Gasteiger partial charge in [0.2, 0.25) is 5.69 Å². The zero-order valence-corrected chi connectivity index (χ0v) is 6.89. The zero-order chi connectivity index (χ0) is 7.56. The first-order valence-electron chi connectivity index (χ1n) is 2.92. The van der Waals surface area contributed by atoms with Gasteiger partial charge in [-0.05, 0) is 6.07 Å². The minimum absolute atomic E-state index is 0. The highest BCUT2D eigenvalue weighted by Gasteiger charge is 2.00. The summed E-state index contributed by atoms with van der Waals surface area (Å²) in [5, 5.41) is 17.3. The van der Waals surface area contributed by atoms with Gasteiger partial charge in [-0.15, -0.1) is 12.4 Å². The number of aromatic nitrogens is 1. The normalized spacial score (nSPS) is 8.45. The highest BCUT2D eigenvalue weighted by atomic mass is 35.5. The molecular weight excluding hydrogens is 164 g/mol. The summed E-state index contributed by atoms with van der Waals surface area (Å²) in [6.07, 6.45) is 1.74. The van der Waals surface area contributed by atoms with E-state index in [0.29, 0.717) is 5.69 Å². The lowest BCUT2D eigenvalue weighted by Gasteiger charge is -2.02. The first-order valence-corrected chi connectivity index (χ1v) is 2.92. The summed E-state index contributed by atoms with van der Waals surface area (Å²) >= 11 is 0. The maximum absolute atomic E-state index is 10.5. The molecule has 0 bridgehead atoms. The number of aryl methyl sites for hydroxylation is 1. The maximum Gasteiger partial charge on any atom is 0.215 e. The summed E-state index contributed by atoms with van der Waals surface area (Å²) in [5.74, 6) is -0.650. The number of hydrogen-bond donors (Lipinski definition) is 1. The van der Waals surface area contributed by atoms with Crippen LogP contribution in [-0.4, -0.2) is 5.90 Å². The predicted molar refractivity (Wildman–Crippen MR) is 41.7 cm³/mol. The van der Waals surface area contributed by atoms with Crippen molar-refractivity contribution < 1.29 is 9.67 Å². The fraction of sp³-hybridized carbons (Fsp3) is 0.143. The van der Waals surface area contributed by atoms with Gasteiger partial charge in [0.15, 0.2) is 6.20 Å². The van der Waals surface area contributed by atoms with E-state index in [1.54, 1.807) is 29.9 Å². The van der Waals surface area contributed by atoms with Gasteiger partial charge in [0.1, 0.15) is 7.05 Å². The number of pyridine rings is 1. The zero-order valence-electron chi connectivity index (χ0n) is 6.07. The minimum atomic E-state index is -0.650. The summed E-state index contributed by atoms with van der Waals surface area (Å²) in [7, 11) is 1.74. The quantitative estimate of drug-likeness (QED) is 0.351. The van der Waals surface area contributed by atoms with E-state index in [2.05, 4.69) is 0 Å². The van der Waals surface area contributed by atoms with E-state index in [4.69, 9.17) is 5.41 Å². The van der Waals surface area contributed by atoms with Crippen LogP contribution in [0.5, 0.6) is 0 Å². The highest BCUT2D eigenvalue weighted by Crippen LogP contribution is 1.86. The monoisotopic (exact) mass is 172 g/mol. The Kier molecular flexibility index (Phi) is 3.54. The lowest BCUT2D eigenvalue weighted by molar-refractivity contribution is -0.675. The molecule has 0 radical (unpaired) electrons. The van der Waals surface area contributed by atoms with E-state index >= 15 is 0 Å². The Labute approximate surface area is 71.2 Å². The Morgan fingerprint density at radius 2 is 2.18 bits per heavy atom. The molecular formula is C7H9ClN2O. The second-order valence-corrected chi connectivity index (χ2v) is 2.03. The molecule has 1 N–H and O–H groups in total.